The molecule has 0 bridgehead atoms. The maximum atomic E-state index is 12.8. The lowest BCUT2D eigenvalue weighted by Gasteiger charge is -2.30. The number of rotatable bonds is 2. The van der Waals surface area contributed by atoms with Crippen molar-refractivity contribution in [3.8, 4) is 0 Å². The van der Waals surface area contributed by atoms with Crippen LogP contribution in [-0.2, 0) is 0 Å². The zero-order valence-electron chi connectivity index (χ0n) is 5.98. The second-order valence-electron chi connectivity index (χ2n) is 2.91. The van der Waals surface area contributed by atoms with E-state index in [1.165, 1.54) is 13.8 Å². The van der Waals surface area contributed by atoms with E-state index in [0.29, 0.717) is 0 Å². The molecule has 0 rings (SSSR count). The Balaban J connectivity index is 4.14. The summed E-state index contributed by atoms with van der Waals surface area (Å²) in [6.45, 7) is 3.15. The van der Waals surface area contributed by atoms with Crippen molar-refractivity contribution in [1.29, 1.82) is 0 Å². The van der Waals surface area contributed by atoms with Crippen molar-refractivity contribution >= 4 is 0 Å². The summed E-state index contributed by atoms with van der Waals surface area (Å²) in [6, 6.07) is 0. The molecule has 0 saturated heterocycles. The van der Waals surface area contributed by atoms with Crippen LogP contribution < -0.4 is 0 Å². The Morgan fingerprint density at radius 2 is 1.67 bits per heavy atom. The average molecular weight is 136 g/mol. The topological polar surface area (TPSA) is 40.5 Å². The first-order valence-corrected chi connectivity index (χ1v) is 2.83. The maximum absolute atomic E-state index is 12.8. The van der Waals surface area contributed by atoms with Crippen LogP contribution >= 0.6 is 0 Å². The first-order chi connectivity index (χ1) is 3.81. The molecule has 0 aliphatic heterocycles. The summed E-state index contributed by atoms with van der Waals surface area (Å²) < 4.78 is 12.8. The van der Waals surface area contributed by atoms with Gasteiger partial charge in [-0.1, -0.05) is 0 Å². The molecule has 0 aromatic rings. The fourth-order valence-corrected chi connectivity index (χ4v) is 0.193. The molecule has 0 saturated carbocycles. The highest BCUT2D eigenvalue weighted by Gasteiger charge is 2.39. The van der Waals surface area contributed by atoms with Gasteiger partial charge in [0.1, 0.15) is 0 Å². The summed E-state index contributed by atoms with van der Waals surface area (Å²) in [5.74, 6) is 0. The molecule has 2 nitrogen and oxygen atoms in total. The molecular formula is C6H13FO2. The number of hydrogen-bond donors (Lipinski definition) is 2. The quantitative estimate of drug-likeness (QED) is 0.579. The average Bonchev–Trinajstić information content (AvgIpc) is 1.64. The lowest BCUT2D eigenvalue weighted by atomic mass is 9.91. The number of aliphatic hydroxyl groups is 2. The summed E-state index contributed by atoms with van der Waals surface area (Å²) in [4.78, 5) is 0. The molecule has 56 valence electrons. The van der Waals surface area contributed by atoms with E-state index in [9.17, 15) is 4.39 Å². The van der Waals surface area contributed by atoms with E-state index in [-0.39, 0.29) is 0 Å². The molecule has 0 aliphatic carbocycles. The Kier molecular flexibility index (Phi) is 2.19. The first kappa shape index (κ1) is 8.85. The van der Waals surface area contributed by atoms with Crippen molar-refractivity contribution in [2.75, 3.05) is 6.61 Å². The third kappa shape index (κ3) is 1.91. The van der Waals surface area contributed by atoms with Crippen molar-refractivity contribution in [2.45, 2.75) is 32.0 Å². The molecule has 0 radical (unpaired) electrons. The number of hydrogen-bond acceptors (Lipinski definition) is 2. The third-order valence-corrected chi connectivity index (χ3v) is 1.57. The minimum Gasteiger partial charge on any atom is -0.393 e. The summed E-state index contributed by atoms with van der Waals surface area (Å²) in [6.07, 6.45) is 0. The van der Waals surface area contributed by atoms with Crippen LogP contribution in [0.5, 0.6) is 0 Å². The van der Waals surface area contributed by atoms with Crippen LogP contribution in [0, 0.1) is 0 Å². The van der Waals surface area contributed by atoms with Gasteiger partial charge in [0.05, 0.1) is 12.2 Å². The predicted octanol–water partition coefficient (Wildman–Crippen LogP) is 0.478. The van der Waals surface area contributed by atoms with Gasteiger partial charge in [-0.05, 0) is 20.8 Å². The van der Waals surface area contributed by atoms with Gasteiger partial charge in [-0.15, -0.1) is 0 Å². The molecule has 9 heavy (non-hydrogen) atoms. The molecule has 0 aromatic heterocycles. The van der Waals surface area contributed by atoms with Crippen molar-refractivity contribution < 1.29 is 14.6 Å². The van der Waals surface area contributed by atoms with Gasteiger partial charge in [0.25, 0.3) is 0 Å². The van der Waals surface area contributed by atoms with E-state index in [0.717, 1.165) is 6.92 Å². The number of alkyl halides is 1. The second-order valence-corrected chi connectivity index (χ2v) is 2.91. The van der Waals surface area contributed by atoms with Crippen LogP contribution in [0.25, 0.3) is 0 Å². The van der Waals surface area contributed by atoms with Crippen LogP contribution in [0.15, 0.2) is 0 Å². The zero-order valence-corrected chi connectivity index (χ0v) is 5.98. The van der Waals surface area contributed by atoms with E-state index < -0.39 is 17.9 Å². The Morgan fingerprint density at radius 1 is 1.33 bits per heavy atom. The fourth-order valence-electron chi connectivity index (χ4n) is 0.193. The van der Waals surface area contributed by atoms with Crippen molar-refractivity contribution in [3.63, 3.8) is 0 Å². The molecule has 0 aliphatic rings. The lowest BCUT2D eigenvalue weighted by Crippen LogP contribution is -2.46. The van der Waals surface area contributed by atoms with E-state index in [2.05, 4.69) is 0 Å². The molecule has 0 fully saturated rings. The van der Waals surface area contributed by atoms with Gasteiger partial charge in [0, 0.05) is 0 Å². The van der Waals surface area contributed by atoms with Gasteiger partial charge in [0.2, 0.25) is 0 Å². The normalized spacial score (nSPS) is 19.3. The molecule has 1 atom stereocenters. The van der Waals surface area contributed by atoms with Crippen LogP contribution in [0.1, 0.15) is 20.8 Å². The van der Waals surface area contributed by atoms with Crippen molar-refractivity contribution in [1.82, 2.24) is 0 Å². The second kappa shape index (κ2) is 2.23. The SMILES string of the molecule is CC(C)(O)C(C)(F)CO. The van der Waals surface area contributed by atoms with E-state index >= 15 is 0 Å². The van der Waals surface area contributed by atoms with Crippen LogP contribution in [0.3, 0.4) is 0 Å². The third-order valence-electron chi connectivity index (χ3n) is 1.57. The minimum atomic E-state index is -1.91. The Hall–Kier alpha value is -0.150. The molecule has 0 aromatic carbocycles. The lowest BCUT2D eigenvalue weighted by molar-refractivity contribution is -0.0923. The minimum absolute atomic E-state index is 0.656. The van der Waals surface area contributed by atoms with E-state index in [1.54, 1.807) is 0 Å². The van der Waals surface area contributed by atoms with Gasteiger partial charge in [0.15, 0.2) is 5.67 Å². The summed E-state index contributed by atoms with van der Waals surface area (Å²) >= 11 is 0. The first-order valence-electron chi connectivity index (χ1n) is 2.83. The monoisotopic (exact) mass is 136 g/mol. The van der Waals surface area contributed by atoms with Gasteiger partial charge in [-0.3, -0.25) is 0 Å². The largest absolute Gasteiger partial charge is 0.393 e. The van der Waals surface area contributed by atoms with Gasteiger partial charge >= 0.3 is 0 Å². The number of halogens is 1. The standard InChI is InChI=1S/C6H13FO2/c1-5(2,9)6(3,7)4-8/h8-9H,4H2,1-3H3. The van der Waals surface area contributed by atoms with Gasteiger partial charge in [-0.2, -0.15) is 0 Å². The molecular weight excluding hydrogens is 123 g/mol. The molecule has 0 spiro atoms. The molecule has 1 unspecified atom stereocenters. The maximum Gasteiger partial charge on any atom is 0.159 e. The summed E-state index contributed by atoms with van der Waals surface area (Å²) in [7, 11) is 0. The highest BCUT2D eigenvalue weighted by molar-refractivity contribution is 4.89. The molecule has 0 amide bonds. The van der Waals surface area contributed by atoms with E-state index in [1.807, 2.05) is 0 Å². The molecule has 2 N–H and O–H groups in total. The Morgan fingerprint density at radius 3 is 1.67 bits per heavy atom. The predicted molar refractivity (Wildman–Crippen MR) is 32.9 cm³/mol. The summed E-state index contributed by atoms with van der Waals surface area (Å²) in [5.41, 5.74) is -3.38. The fraction of sp³-hybridized carbons (Fsp3) is 1.00. The van der Waals surface area contributed by atoms with Crippen LogP contribution in [-0.4, -0.2) is 28.1 Å². The number of aliphatic hydroxyl groups excluding tert-OH is 1. The highest BCUT2D eigenvalue weighted by atomic mass is 19.1. The van der Waals surface area contributed by atoms with Crippen molar-refractivity contribution in [2.24, 2.45) is 0 Å². The zero-order chi connectivity index (χ0) is 7.71. The smallest absolute Gasteiger partial charge is 0.159 e. The van der Waals surface area contributed by atoms with Crippen LogP contribution in [0.2, 0.25) is 0 Å². The summed E-state index contributed by atoms with van der Waals surface area (Å²) in [5, 5.41) is 17.4. The Labute approximate surface area is 54.3 Å². The Bertz CT molecular complexity index is 93.7. The van der Waals surface area contributed by atoms with Gasteiger partial charge in [-0.25, -0.2) is 4.39 Å². The van der Waals surface area contributed by atoms with Crippen LogP contribution in [0.4, 0.5) is 4.39 Å². The van der Waals surface area contributed by atoms with E-state index in [4.69, 9.17) is 10.2 Å². The molecule has 0 heterocycles. The highest BCUT2D eigenvalue weighted by Crippen LogP contribution is 2.24. The molecule has 3 heteroatoms. The van der Waals surface area contributed by atoms with Crippen molar-refractivity contribution in [3.05, 3.63) is 0 Å². The van der Waals surface area contributed by atoms with Gasteiger partial charge < -0.3 is 10.2 Å².